The molecule has 1 atom stereocenters. The fraction of sp³-hybridized carbons (Fsp3) is 0.368. The van der Waals surface area contributed by atoms with Crippen LogP contribution in [0.5, 0.6) is 0 Å². The third-order valence-electron chi connectivity index (χ3n) is 3.78. The van der Waals surface area contributed by atoms with Gasteiger partial charge in [0.25, 0.3) is 0 Å². The summed E-state index contributed by atoms with van der Waals surface area (Å²) in [6.07, 6.45) is 3.88. The molecule has 0 saturated heterocycles. The Morgan fingerprint density at radius 1 is 1.28 bits per heavy atom. The maximum Gasteiger partial charge on any atom is 0.249 e. The standard InChI is InChI=1S/C19H22F2N2O2/c1-3-10-23(18(24)13-25-4-2)19(14-6-5-9-22-12-14)16-8-7-15(20)11-17(16)21/h5-9,11-12,19H,3-4,10,13H2,1-2H3/t19-/m0/s1. The Labute approximate surface area is 146 Å². The highest BCUT2D eigenvalue weighted by Gasteiger charge is 2.28. The molecule has 0 aliphatic rings. The summed E-state index contributed by atoms with van der Waals surface area (Å²) in [4.78, 5) is 18.3. The number of carbonyl (C=O) groups is 1. The van der Waals surface area contributed by atoms with Crippen LogP contribution in [-0.2, 0) is 9.53 Å². The quantitative estimate of drug-likeness (QED) is 0.730. The zero-order valence-electron chi connectivity index (χ0n) is 14.4. The van der Waals surface area contributed by atoms with E-state index in [1.807, 2.05) is 6.92 Å². The second kappa shape index (κ2) is 9.22. The van der Waals surface area contributed by atoms with Gasteiger partial charge in [-0.1, -0.05) is 19.1 Å². The highest BCUT2D eigenvalue weighted by molar-refractivity contribution is 5.78. The smallest absolute Gasteiger partial charge is 0.249 e. The van der Waals surface area contributed by atoms with Gasteiger partial charge >= 0.3 is 0 Å². The molecule has 4 nitrogen and oxygen atoms in total. The summed E-state index contributed by atoms with van der Waals surface area (Å²) in [5.41, 5.74) is 0.888. The van der Waals surface area contributed by atoms with E-state index in [9.17, 15) is 13.6 Å². The second-order valence-corrected chi connectivity index (χ2v) is 5.58. The van der Waals surface area contributed by atoms with E-state index in [1.54, 1.807) is 36.4 Å². The van der Waals surface area contributed by atoms with Crippen molar-refractivity contribution in [3.63, 3.8) is 0 Å². The minimum absolute atomic E-state index is 0.0872. The molecule has 0 fully saturated rings. The molecule has 1 aromatic heterocycles. The molecule has 0 radical (unpaired) electrons. The molecule has 6 heteroatoms. The largest absolute Gasteiger partial charge is 0.372 e. The summed E-state index contributed by atoms with van der Waals surface area (Å²) >= 11 is 0. The van der Waals surface area contributed by atoms with Crippen LogP contribution in [0.3, 0.4) is 0 Å². The first-order valence-corrected chi connectivity index (χ1v) is 8.30. The first-order chi connectivity index (χ1) is 12.1. The van der Waals surface area contributed by atoms with E-state index in [-0.39, 0.29) is 18.1 Å². The lowest BCUT2D eigenvalue weighted by atomic mass is 9.97. The van der Waals surface area contributed by atoms with E-state index in [2.05, 4.69) is 4.98 Å². The van der Waals surface area contributed by atoms with Gasteiger partial charge in [0.1, 0.15) is 18.2 Å². The Bertz CT molecular complexity index is 695. The molecular weight excluding hydrogens is 326 g/mol. The van der Waals surface area contributed by atoms with E-state index in [4.69, 9.17) is 4.74 Å². The second-order valence-electron chi connectivity index (χ2n) is 5.58. The molecule has 134 valence electrons. The topological polar surface area (TPSA) is 42.4 Å². The maximum absolute atomic E-state index is 14.5. The van der Waals surface area contributed by atoms with Crippen molar-refractivity contribution in [2.75, 3.05) is 19.8 Å². The number of rotatable bonds is 8. The van der Waals surface area contributed by atoms with Gasteiger partial charge in [-0.2, -0.15) is 0 Å². The van der Waals surface area contributed by atoms with Gasteiger partial charge in [0.05, 0.1) is 6.04 Å². The number of benzene rings is 1. The number of nitrogens with zero attached hydrogens (tertiary/aromatic N) is 2. The third kappa shape index (κ3) is 4.82. The summed E-state index contributed by atoms with van der Waals surface area (Å²) in [6.45, 7) is 4.48. The van der Waals surface area contributed by atoms with Gasteiger partial charge in [-0.25, -0.2) is 8.78 Å². The number of halogens is 2. The number of ether oxygens (including phenoxy) is 1. The highest BCUT2D eigenvalue weighted by Crippen LogP contribution is 2.31. The first kappa shape index (κ1) is 19.0. The number of hydrogen-bond donors (Lipinski definition) is 0. The van der Waals surface area contributed by atoms with Crippen LogP contribution in [0.25, 0.3) is 0 Å². The van der Waals surface area contributed by atoms with E-state index in [0.717, 1.165) is 6.07 Å². The number of amides is 1. The summed E-state index contributed by atoms with van der Waals surface area (Å²) in [5, 5.41) is 0. The SMILES string of the molecule is CCCN(C(=O)COCC)[C@@H](c1cccnc1)c1ccc(F)cc1F. The molecule has 0 N–H and O–H groups in total. The lowest BCUT2D eigenvalue weighted by Gasteiger charge is -2.32. The number of hydrogen-bond acceptors (Lipinski definition) is 3. The average Bonchev–Trinajstić information content (AvgIpc) is 2.61. The van der Waals surface area contributed by atoms with Crippen LogP contribution in [0, 0.1) is 11.6 Å². The highest BCUT2D eigenvalue weighted by atomic mass is 19.1. The Morgan fingerprint density at radius 2 is 2.08 bits per heavy atom. The minimum atomic E-state index is -0.695. The zero-order chi connectivity index (χ0) is 18.2. The summed E-state index contributed by atoms with van der Waals surface area (Å²) < 4.78 is 33.0. The van der Waals surface area contributed by atoms with Crippen molar-refractivity contribution in [3.05, 3.63) is 65.5 Å². The lowest BCUT2D eigenvalue weighted by Crippen LogP contribution is -2.39. The number of pyridine rings is 1. The Kier molecular flexibility index (Phi) is 7.01. The average molecular weight is 348 g/mol. The van der Waals surface area contributed by atoms with E-state index >= 15 is 0 Å². The van der Waals surface area contributed by atoms with Crippen LogP contribution >= 0.6 is 0 Å². The Hall–Kier alpha value is -2.34. The van der Waals surface area contributed by atoms with Crippen molar-refractivity contribution in [1.29, 1.82) is 0 Å². The number of carbonyl (C=O) groups excluding carboxylic acids is 1. The van der Waals surface area contributed by atoms with Crippen molar-refractivity contribution in [2.24, 2.45) is 0 Å². The molecule has 0 spiro atoms. The van der Waals surface area contributed by atoms with Crippen LogP contribution in [0.1, 0.15) is 37.4 Å². The lowest BCUT2D eigenvalue weighted by molar-refractivity contribution is -0.137. The van der Waals surface area contributed by atoms with Gasteiger partial charge in [-0.05, 0) is 31.0 Å². The Balaban J connectivity index is 2.50. The summed E-state index contributed by atoms with van der Waals surface area (Å²) in [7, 11) is 0. The molecule has 0 bridgehead atoms. The molecular formula is C19H22F2N2O2. The van der Waals surface area contributed by atoms with Crippen molar-refractivity contribution < 1.29 is 18.3 Å². The van der Waals surface area contributed by atoms with Crippen LogP contribution in [0.15, 0.2) is 42.7 Å². The fourth-order valence-corrected chi connectivity index (χ4v) is 2.70. The monoisotopic (exact) mass is 348 g/mol. The molecule has 25 heavy (non-hydrogen) atoms. The summed E-state index contributed by atoms with van der Waals surface area (Å²) in [6, 6.07) is 6.20. The van der Waals surface area contributed by atoms with E-state index in [1.165, 1.54) is 12.1 Å². The van der Waals surface area contributed by atoms with Crippen LogP contribution in [0.2, 0.25) is 0 Å². The van der Waals surface area contributed by atoms with Gasteiger partial charge in [0.2, 0.25) is 5.91 Å². The molecule has 0 aliphatic carbocycles. The summed E-state index contributed by atoms with van der Waals surface area (Å²) in [5.74, 6) is -1.60. The van der Waals surface area contributed by atoms with Crippen molar-refractivity contribution >= 4 is 5.91 Å². The first-order valence-electron chi connectivity index (χ1n) is 8.30. The van der Waals surface area contributed by atoms with Gasteiger partial charge in [-0.15, -0.1) is 0 Å². The van der Waals surface area contributed by atoms with Crippen LogP contribution < -0.4 is 0 Å². The van der Waals surface area contributed by atoms with Gasteiger partial charge in [-0.3, -0.25) is 9.78 Å². The molecule has 1 heterocycles. The molecule has 0 saturated carbocycles. The van der Waals surface area contributed by atoms with E-state index < -0.39 is 17.7 Å². The predicted octanol–water partition coefficient (Wildman–Crippen LogP) is 3.72. The van der Waals surface area contributed by atoms with Crippen molar-refractivity contribution in [1.82, 2.24) is 9.88 Å². The predicted molar refractivity (Wildman–Crippen MR) is 90.9 cm³/mol. The zero-order valence-corrected chi connectivity index (χ0v) is 14.4. The van der Waals surface area contributed by atoms with Gasteiger partial charge < -0.3 is 9.64 Å². The Morgan fingerprint density at radius 3 is 2.68 bits per heavy atom. The normalized spacial score (nSPS) is 12.0. The molecule has 0 unspecified atom stereocenters. The van der Waals surface area contributed by atoms with Crippen molar-refractivity contribution in [3.8, 4) is 0 Å². The van der Waals surface area contributed by atoms with E-state index in [0.29, 0.717) is 25.1 Å². The van der Waals surface area contributed by atoms with Gasteiger partial charge in [0.15, 0.2) is 0 Å². The molecule has 1 aromatic carbocycles. The van der Waals surface area contributed by atoms with Crippen LogP contribution in [-0.4, -0.2) is 35.5 Å². The minimum Gasteiger partial charge on any atom is -0.372 e. The molecule has 2 rings (SSSR count). The molecule has 0 aliphatic heterocycles. The van der Waals surface area contributed by atoms with Crippen LogP contribution in [0.4, 0.5) is 8.78 Å². The number of aromatic nitrogens is 1. The fourth-order valence-electron chi connectivity index (χ4n) is 2.70. The van der Waals surface area contributed by atoms with Gasteiger partial charge in [0, 0.05) is 37.2 Å². The van der Waals surface area contributed by atoms with Crippen molar-refractivity contribution in [2.45, 2.75) is 26.3 Å². The third-order valence-corrected chi connectivity index (χ3v) is 3.78. The molecule has 2 aromatic rings. The maximum atomic E-state index is 14.5. The molecule has 1 amide bonds.